The highest BCUT2D eigenvalue weighted by Crippen LogP contribution is 2.63. The Balaban J connectivity index is 1.32. The zero-order valence-electron chi connectivity index (χ0n) is 20.0. The van der Waals surface area contributed by atoms with E-state index >= 15 is 0 Å². The maximum Gasteiger partial charge on any atom is 0.186 e. The third-order valence-electron chi connectivity index (χ3n) is 10.0. The van der Waals surface area contributed by atoms with Crippen LogP contribution in [0.5, 0.6) is 0 Å². The molecule has 0 amide bonds. The molecule has 0 radical (unpaired) electrons. The molecule has 5 aliphatic rings. The van der Waals surface area contributed by atoms with Crippen molar-refractivity contribution in [3.8, 4) is 0 Å². The van der Waals surface area contributed by atoms with E-state index in [1.807, 2.05) is 6.08 Å². The van der Waals surface area contributed by atoms with E-state index in [0.29, 0.717) is 23.7 Å². The minimum atomic E-state index is -1.41. The largest absolute Gasteiger partial charge is 0.394 e. The highest BCUT2D eigenvalue weighted by atomic mass is 16.7. The van der Waals surface area contributed by atoms with Crippen LogP contribution in [0.25, 0.3) is 0 Å². The summed E-state index contributed by atoms with van der Waals surface area (Å²) in [5.74, 6) is 2.53. The molecule has 3 saturated carbocycles. The lowest BCUT2D eigenvalue weighted by Gasteiger charge is -2.55. The SMILES string of the molecule is CC1(C)C[C@H]2C(=CC1=O)CC[C@@H]1[C@@H]2CC[C@]2(C)[C@@H](OC3O[C@H](CO)[C@@H](O)[C@H](O)[C@H]3O)CC[C@@H]12. The molecule has 1 heterocycles. The number of fused-ring (bicyclic) bond motifs is 5. The number of carbonyl (C=O) groups is 1. The fraction of sp³-hybridized carbons (Fsp3) is 0.885. The number of ether oxygens (including phenoxy) is 2. The average molecular weight is 465 g/mol. The molecule has 186 valence electrons. The van der Waals surface area contributed by atoms with E-state index in [1.165, 1.54) is 5.57 Å². The molecule has 5 rings (SSSR count). The fourth-order valence-electron chi connectivity index (χ4n) is 8.02. The summed E-state index contributed by atoms with van der Waals surface area (Å²) in [5, 5.41) is 40.2. The summed E-state index contributed by atoms with van der Waals surface area (Å²) in [6, 6.07) is 0. The van der Waals surface area contributed by atoms with Crippen LogP contribution in [-0.4, -0.2) is 69.6 Å². The Morgan fingerprint density at radius 1 is 1.03 bits per heavy atom. The summed E-state index contributed by atoms with van der Waals surface area (Å²) >= 11 is 0. The summed E-state index contributed by atoms with van der Waals surface area (Å²) in [6.45, 7) is 6.02. The lowest BCUT2D eigenvalue weighted by molar-refractivity contribution is -0.319. The second kappa shape index (κ2) is 8.38. The van der Waals surface area contributed by atoms with Crippen molar-refractivity contribution in [1.29, 1.82) is 0 Å². The summed E-state index contributed by atoms with van der Waals surface area (Å²) < 4.78 is 12.0. The van der Waals surface area contributed by atoms with Crippen molar-refractivity contribution >= 4 is 5.78 Å². The molecule has 4 aliphatic carbocycles. The molecule has 0 aromatic carbocycles. The Labute approximate surface area is 196 Å². The Morgan fingerprint density at radius 3 is 2.52 bits per heavy atom. The van der Waals surface area contributed by atoms with Crippen LogP contribution in [0, 0.1) is 34.5 Å². The zero-order chi connectivity index (χ0) is 23.7. The van der Waals surface area contributed by atoms with E-state index < -0.39 is 37.3 Å². The van der Waals surface area contributed by atoms with Gasteiger partial charge in [-0.3, -0.25) is 4.79 Å². The van der Waals surface area contributed by atoms with E-state index in [-0.39, 0.29) is 22.7 Å². The van der Waals surface area contributed by atoms with Crippen LogP contribution in [0.4, 0.5) is 0 Å². The van der Waals surface area contributed by atoms with Crippen LogP contribution in [-0.2, 0) is 14.3 Å². The first-order chi connectivity index (χ1) is 15.6. The third-order valence-corrected chi connectivity index (χ3v) is 10.0. The second-order valence-corrected chi connectivity index (χ2v) is 12.2. The maximum atomic E-state index is 12.5. The Hall–Kier alpha value is -0.830. The van der Waals surface area contributed by atoms with E-state index in [9.17, 15) is 25.2 Å². The first-order valence-corrected chi connectivity index (χ1v) is 12.8. The number of ketones is 1. The normalized spacial score (nSPS) is 51.4. The van der Waals surface area contributed by atoms with Crippen molar-refractivity contribution < 1.29 is 34.7 Å². The number of hydrogen-bond acceptors (Lipinski definition) is 7. The maximum absolute atomic E-state index is 12.5. The van der Waals surface area contributed by atoms with Crippen LogP contribution in [0.1, 0.15) is 65.7 Å². The molecule has 7 heteroatoms. The molecule has 4 N–H and O–H groups in total. The minimum Gasteiger partial charge on any atom is -0.394 e. The summed E-state index contributed by atoms with van der Waals surface area (Å²) in [5.41, 5.74) is 1.05. The van der Waals surface area contributed by atoms with Crippen LogP contribution < -0.4 is 0 Å². The van der Waals surface area contributed by atoms with E-state index in [2.05, 4.69) is 20.8 Å². The van der Waals surface area contributed by atoms with Crippen molar-refractivity contribution in [2.45, 2.75) is 103 Å². The molecule has 1 aliphatic heterocycles. The van der Waals surface area contributed by atoms with Gasteiger partial charge in [-0.25, -0.2) is 0 Å². The van der Waals surface area contributed by atoms with Gasteiger partial charge in [-0.15, -0.1) is 0 Å². The predicted octanol–water partition coefficient (Wildman–Crippen LogP) is 1.95. The minimum absolute atomic E-state index is 0.0405. The first kappa shape index (κ1) is 23.9. The van der Waals surface area contributed by atoms with E-state index in [1.54, 1.807) is 0 Å². The smallest absolute Gasteiger partial charge is 0.186 e. The molecular formula is C26H40O7. The van der Waals surface area contributed by atoms with Crippen molar-refractivity contribution in [1.82, 2.24) is 0 Å². The standard InChI is InChI=1S/C26H40O7/c1-25(2)11-16-13(10-19(25)28)4-5-15-14(16)8-9-26(3)17(15)6-7-20(26)33-24-23(31)22(30)21(29)18(12-27)32-24/h10,14-18,20-24,27,29-31H,4-9,11-12H2,1-3H3/t14-,15+,16-,17-,18+,20-,21+,22-,23+,24?,26-/m0/s1. The van der Waals surface area contributed by atoms with Crippen molar-refractivity contribution in [3.63, 3.8) is 0 Å². The van der Waals surface area contributed by atoms with Crippen LogP contribution in [0.3, 0.4) is 0 Å². The molecule has 1 unspecified atom stereocenters. The highest BCUT2D eigenvalue weighted by Gasteiger charge is 2.58. The predicted molar refractivity (Wildman–Crippen MR) is 120 cm³/mol. The molecule has 0 aromatic rings. The molecule has 0 bridgehead atoms. The molecular weight excluding hydrogens is 424 g/mol. The van der Waals surface area contributed by atoms with Gasteiger partial charge in [0.15, 0.2) is 12.1 Å². The molecule has 1 saturated heterocycles. The van der Waals surface area contributed by atoms with Gasteiger partial charge in [0.05, 0.1) is 12.7 Å². The lowest BCUT2D eigenvalue weighted by Crippen LogP contribution is -2.60. The van der Waals surface area contributed by atoms with Crippen molar-refractivity contribution in [2.75, 3.05) is 6.61 Å². The zero-order valence-corrected chi connectivity index (χ0v) is 20.0. The lowest BCUT2D eigenvalue weighted by atomic mass is 9.50. The van der Waals surface area contributed by atoms with Crippen LogP contribution in [0.2, 0.25) is 0 Å². The second-order valence-electron chi connectivity index (χ2n) is 12.2. The number of allylic oxidation sites excluding steroid dienone is 1. The first-order valence-electron chi connectivity index (χ1n) is 12.8. The molecule has 4 fully saturated rings. The summed E-state index contributed by atoms with van der Waals surface area (Å²) in [7, 11) is 0. The number of aliphatic hydroxyl groups excluding tert-OH is 4. The van der Waals surface area contributed by atoms with Gasteiger partial charge in [-0.1, -0.05) is 26.3 Å². The van der Waals surface area contributed by atoms with Gasteiger partial charge in [-0.05, 0) is 80.1 Å². The van der Waals surface area contributed by atoms with Gasteiger partial charge in [0.2, 0.25) is 0 Å². The van der Waals surface area contributed by atoms with Crippen molar-refractivity contribution in [2.24, 2.45) is 34.5 Å². The van der Waals surface area contributed by atoms with E-state index in [4.69, 9.17) is 9.47 Å². The fourth-order valence-corrected chi connectivity index (χ4v) is 8.02. The van der Waals surface area contributed by atoms with Gasteiger partial charge >= 0.3 is 0 Å². The number of rotatable bonds is 3. The Kier molecular flexibility index (Phi) is 6.07. The van der Waals surface area contributed by atoms with Gasteiger partial charge in [0.1, 0.15) is 24.4 Å². The Bertz CT molecular complexity index is 806. The Morgan fingerprint density at radius 2 is 1.79 bits per heavy atom. The van der Waals surface area contributed by atoms with Gasteiger partial charge < -0.3 is 29.9 Å². The number of hydrogen-bond donors (Lipinski definition) is 4. The summed E-state index contributed by atoms with van der Waals surface area (Å²) in [4.78, 5) is 12.5. The van der Waals surface area contributed by atoms with Gasteiger partial charge in [-0.2, -0.15) is 0 Å². The number of carbonyl (C=O) groups excluding carboxylic acids is 1. The quantitative estimate of drug-likeness (QED) is 0.504. The van der Waals surface area contributed by atoms with Crippen LogP contribution >= 0.6 is 0 Å². The van der Waals surface area contributed by atoms with Gasteiger partial charge in [0, 0.05) is 5.41 Å². The number of aliphatic hydroxyl groups is 4. The van der Waals surface area contributed by atoms with Crippen molar-refractivity contribution in [3.05, 3.63) is 11.6 Å². The topological polar surface area (TPSA) is 116 Å². The molecule has 11 atom stereocenters. The highest BCUT2D eigenvalue weighted by molar-refractivity contribution is 5.96. The van der Waals surface area contributed by atoms with E-state index in [0.717, 1.165) is 44.9 Å². The average Bonchev–Trinajstić information content (AvgIpc) is 3.11. The monoisotopic (exact) mass is 464 g/mol. The summed E-state index contributed by atoms with van der Waals surface area (Å²) in [6.07, 6.45) is 2.85. The molecule has 7 nitrogen and oxygen atoms in total. The molecule has 0 spiro atoms. The molecule has 0 aromatic heterocycles. The third kappa shape index (κ3) is 3.74. The molecule has 33 heavy (non-hydrogen) atoms. The van der Waals surface area contributed by atoms with Crippen LogP contribution in [0.15, 0.2) is 11.6 Å². The van der Waals surface area contributed by atoms with Gasteiger partial charge in [0.25, 0.3) is 0 Å².